The molecule has 0 aromatic carbocycles. The van der Waals surface area contributed by atoms with Crippen molar-refractivity contribution in [2.24, 2.45) is 5.92 Å². The molecule has 0 saturated carbocycles. The topological polar surface area (TPSA) is 69.5 Å². The van der Waals surface area contributed by atoms with E-state index >= 15 is 0 Å². The van der Waals surface area contributed by atoms with Crippen LogP contribution in [0.3, 0.4) is 0 Å². The molecule has 9 heteroatoms. The molecule has 1 atom stereocenters. The molecule has 2 aromatic rings. The van der Waals surface area contributed by atoms with Crippen molar-refractivity contribution in [1.29, 1.82) is 0 Å². The Labute approximate surface area is 189 Å². The minimum absolute atomic E-state index is 0.0327. The Balaban J connectivity index is 1.17. The Bertz CT molecular complexity index is 801. The van der Waals surface area contributed by atoms with Gasteiger partial charge in [0.05, 0.1) is 5.92 Å². The van der Waals surface area contributed by atoms with Crippen LogP contribution >= 0.6 is 11.3 Å². The van der Waals surface area contributed by atoms with Gasteiger partial charge in [-0.2, -0.15) is 0 Å². The summed E-state index contributed by atoms with van der Waals surface area (Å²) in [4.78, 5) is 20.0. The average Bonchev–Trinajstić information content (AvgIpc) is 3.50. The second-order valence-corrected chi connectivity index (χ2v) is 9.50. The average molecular weight is 446 g/mol. The van der Waals surface area contributed by atoms with Crippen molar-refractivity contribution >= 4 is 22.4 Å². The largest absolute Gasteiger partial charge is 0.356 e. The third kappa shape index (κ3) is 6.05. The lowest BCUT2D eigenvalue weighted by atomic mass is 9.97. The second kappa shape index (κ2) is 11.1. The lowest BCUT2D eigenvalue weighted by Crippen LogP contribution is -2.47. The van der Waals surface area contributed by atoms with Gasteiger partial charge in [0.2, 0.25) is 16.2 Å². The maximum absolute atomic E-state index is 12.7. The number of hydrogen-bond donors (Lipinski definition) is 1. The van der Waals surface area contributed by atoms with Gasteiger partial charge in [-0.3, -0.25) is 9.36 Å². The smallest absolute Gasteiger partial charge is 0.224 e. The minimum Gasteiger partial charge on any atom is -0.356 e. The van der Waals surface area contributed by atoms with Gasteiger partial charge in [-0.15, -0.1) is 10.2 Å². The molecular weight excluding hydrogens is 410 g/mol. The van der Waals surface area contributed by atoms with E-state index in [4.69, 9.17) is 0 Å². The predicted octanol–water partition coefficient (Wildman–Crippen LogP) is 2.08. The number of anilines is 1. The molecule has 31 heavy (non-hydrogen) atoms. The van der Waals surface area contributed by atoms with Crippen LogP contribution in [0.4, 0.5) is 5.13 Å². The van der Waals surface area contributed by atoms with Crippen molar-refractivity contribution in [3.8, 4) is 5.13 Å². The number of piperazine rings is 1. The summed E-state index contributed by atoms with van der Waals surface area (Å²) in [7, 11) is 0. The zero-order chi connectivity index (χ0) is 21.5. The van der Waals surface area contributed by atoms with Crippen molar-refractivity contribution in [3.63, 3.8) is 0 Å². The fourth-order valence-corrected chi connectivity index (χ4v) is 5.33. The first kappa shape index (κ1) is 22.2. The zero-order valence-corrected chi connectivity index (χ0v) is 19.4. The van der Waals surface area contributed by atoms with Gasteiger partial charge in [-0.05, 0) is 50.9 Å². The van der Waals surface area contributed by atoms with Crippen LogP contribution in [0.2, 0.25) is 0 Å². The SMILES string of the molecule is CCCN1CCN(CCCNC(=O)[C@H]2CCCN(c3nnc(-n4cccc4)s3)C2)CC1. The molecule has 2 aromatic heterocycles. The first-order valence-corrected chi connectivity index (χ1v) is 12.5. The number of amides is 1. The number of carbonyl (C=O) groups excluding carboxylic acids is 1. The molecule has 2 saturated heterocycles. The zero-order valence-electron chi connectivity index (χ0n) is 18.6. The van der Waals surface area contributed by atoms with E-state index in [-0.39, 0.29) is 11.8 Å². The summed E-state index contributed by atoms with van der Waals surface area (Å²) in [5, 5.41) is 13.6. The maximum atomic E-state index is 12.7. The molecular formula is C22H35N7OS. The highest BCUT2D eigenvalue weighted by molar-refractivity contribution is 7.17. The third-order valence-corrected chi connectivity index (χ3v) is 7.24. The number of rotatable bonds is 9. The number of piperidine rings is 1. The Morgan fingerprint density at radius 2 is 1.77 bits per heavy atom. The van der Waals surface area contributed by atoms with Crippen molar-refractivity contribution < 1.29 is 4.79 Å². The Morgan fingerprint density at radius 3 is 2.52 bits per heavy atom. The Hall–Kier alpha value is -1.97. The molecule has 0 aliphatic carbocycles. The number of hydrogen-bond acceptors (Lipinski definition) is 7. The van der Waals surface area contributed by atoms with E-state index in [1.54, 1.807) is 11.3 Å². The second-order valence-electron chi connectivity index (χ2n) is 8.57. The summed E-state index contributed by atoms with van der Waals surface area (Å²) in [6, 6.07) is 3.96. The number of nitrogens with one attached hydrogen (secondary N) is 1. The molecule has 4 heterocycles. The lowest BCUT2D eigenvalue weighted by molar-refractivity contribution is -0.125. The summed E-state index contributed by atoms with van der Waals surface area (Å²) in [5.74, 6) is 0.220. The molecule has 0 spiro atoms. The molecule has 1 amide bonds. The van der Waals surface area contributed by atoms with E-state index in [9.17, 15) is 4.79 Å². The van der Waals surface area contributed by atoms with Gasteiger partial charge in [-0.1, -0.05) is 18.3 Å². The molecule has 2 fully saturated rings. The van der Waals surface area contributed by atoms with Crippen molar-refractivity contribution in [2.45, 2.75) is 32.6 Å². The van der Waals surface area contributed by atoms with E-state index in [1.807, 2.05) is 29.1 Å². The van der Waals surface area contributed by atoms with Crippen LogP contribution in [0.25, 0.3) is 5.13 Å². The molecule has 0 unspecified atom stereocenters. The van der Waals surface area contributed by atoms with E-state index in [0.29, 0.717) is 0 Å². The molecule has 2 aliphatic rings. The van der Waals surface area contributed by atoms with E-state index in [2.05, 4.69) is 37.1 Å². The fraction of sp³-hybridized carbons (Fsp3) is 0.682. The van der Waals surface area contributed by atoms with Crippen LogP contribution in [0.15, 0.2) is 24.5 Å². The predicted molar refractivity (Wildman–Crippen MR) is 125 cm³/mol. The van der Waals surface area contributed by atoms with Crippen LogP contribution < -0.4 is 10.2 Å². The van der Waals surface area contributed by atoms with Gasteiger partial charge >= 0.3 is 0 Å². The Morgan fingerprint density at radius 1 is 1.06 bits per heavy atom. The monoisotopic (exact) mass is 445 g/mol. The van der Waals surface area contributed by atoms with E-state index < -0.39 is 0 Å². The van der Waals surface area contributed by atoms with Crippen LogP contribution in [-0.2, 0) is 4.79 Å². The van der Waals surface area contributed by atoms with Gasteiger partial charge in [0.25, 0.3) is 0 Å². The number of aromatic nitrogens is 3. The normalized spacial score (nSPS) is 20.8. The van der Waals surface area contributed by atoms with Crippen LogP contribution in [0.1, 0.15) is 32.6 Å². The lowest BCUT2D eigenvalue weighted by Gasteiger charge is -2.34. The molecule has 2 aliphatic heterocycles. The van der Waals surface area contributed by atoms with E-state index in [1.165, 1.54) is 26.1 Å². The highest BCUT2D eigenvalue weighted by atomic mass is 32.1. The van der Waals surface area contributed by atoms with Gasteiger partial charge in [0.15, 0.2) is 0 Å². The summed E-state index contributed by atoms with van der Waals surface area (Å²) >= 11 is 1.58. The fourth-order valence-electron chi connectivity index (χ4n) is 4.48. The quantitative estimate of drug-likeness (QED) is 0.596. The standard InChI is InChI=1S/C22H35N7OS/c1-2-9-26-14-16-27(17-15-26)10-6-8-23-20(30)19-7-5-13-29(18-19)22-25-24-21(31-22)28-11-3-4-12-28/h3-4,11-12,19H,2,5-10,13-18H2,1H3,(H,23,30)/t19-/m0/s1. The third-order valence-electron chi connectivity index (χ3n) is 6.25. The summed E-state index contributed by atoms with van der Waals surface area (Å²) < 4.78 is 1.97. The maximum Gasteiger partial charge on any atom is 0.224 e. The van der Waals surface area contributed by atoms with Gasteiger partial charge < -0.3 is 20.0 Å². The summed E-state index contributed by atoms with van der Waals surface area (Å²) in [6.45, 7) is 11.6. The number of nitrogens with zero attached hydrogens (tertiary/aromatic N) is 6. The minimum atomic E-state index is 0.0327. The first-order chi connectivity index (χ1) is 15.2. The highest BCUT2D eigenvalue weighted by Crippen LogP contribution is 2.27. The van der Waals surface area contributed by atoms with Crippen LogP contribution in [-0.4, -0.2) is 89.4 Å². The molecule has 0 radical (unpaired) electrons. The molecule has 170 valence electrons. The van der Waals surface area contributed by atoms with Crippen LogP contribution in [0.5, 0.6) is 0 Å². The summed E-state index contributed by atoms with van der Waals surface area (Å²) in [6.07, 6.45) is 8.16. The molecule has 4 rings (SSSR count). The van der Waals surface area contributed by atoms with Crippen molar-refractivity contribution in [2.75, 3.05) is 63.8 Å². The molecule has 8 nitrogen and oxygen atoms in total. The van der Waals surface area contributed by atoms with Crippen molar-refractivity contribution in [3.05, 3.63) is 24.5 Å². The van der Waals surface area contributed by atoms with Crippen LogP contribution in [0, 0.1) is 5.92 Å². The van der Waals surface area contributed by atoms with E-state index in [0.717, 1.165) is 68.8 Å². The first-order valence-electron chi connectivity index (χ1n) is 11.7. The highest BCUT2D eigenvalue weighted by Gasteiger charge is 2.27. The van der Waals surface area contributed by atoms with Gasteiger partial charge in [-0.25, -0.2) is 0 Å². The summed E-state index contributed by atoms with van der Waals surface area (Å²) in [5.41, 5.74) is 0. The van der Waals surface area contributed by atoms with Gasteiger partial charge in [0, 0.05) is 58.2 Å². The van der Waals surface area contributed by atoms with Gasteiger partial charge in [0.1, 0.15) is 0 Å². The molecule has 0 bridgehead atoms. The molecule has 1 N–H and O–H groups in total. The Kier molecular flexibility index (Phi) is 7.93. The number of carbonyl (C=O) groups is 1. The van der Waals surface area contributed by atoms with Crippen molar-refractivity contribution in [1.82, 2.24) is 29.9 Å².